The van der Waals surface area contributed by atoms with Crippen molar-refractivity contribution in [1.82, 2.24) is 4.98 Å². The fourth-order valence-corrected chi connectivity index (χ4v) is 3.46. The van der Waals surface area contributed by atoms with Crippen molar-refractivity contribution in [3.8, 4) is 23.3 Å². The molecule has 2 aromatic carbocycles. The van der Waals surface area contributed by atoms with Crippen molar-refractivity contribution in [2.45, 2.75) is 5.03 Å². The number of fused-ring (bicyclic) bond motifs is 1. The number of nitrogens with zero attached hydrogens (tertiary/aromatic N) is 2. The Morgan fingerprint density at radius 2 is 1.86 bits per heavy atom. The van der Waals surface area contributed by atoms with E-state index in [9.17, 15) is 10.1 Å². The summed E-state index contributed by atoms with van der Waals surface area (Å²) < 4.78 is 15.6. The number of rotatable bonds is 7. The van der Waals surface area contributed by atoms with Crippen molar-refractivity contribution in [3.63, 3.8) is 0 Å². The van der Waals surface area contributed by atoms with E-state index in [1.807, 2.05) is 12.1 Å². The van der Waals surface area contributed by atoms with Gasteiger partial charge in [-0.2, -0.15) is 5.26 Å². The van der Waals surface area contributed by atoms with Crippen LogP contribution < -0.4 is 19.5 Å². The molecule has 0 saturated carbocycles. The molecule has 0 fully saturated rings. The predicted molar refractivity (Wildman–Crippen MR) is 112 cm³/mol. The molecule has 1 amide bonds. The Kier molecular flexibility index (Phi) is 6.42. The van der Waals surface area contributed by atoms with Crippen LogP contribution in [0.4, 0.5) is 5.69 Å². The molecular formula is C21H19N3O4S. The van der Waals surface area contributed by atoms with Crippen LogP contribution in [0.1, 0.15) is 5.56 Å². The van der Waals surface area contributed by atoms with Gasteiger partial charge in [-0.05, 0) is 36.4 Å². The van der Waals surface area contributed by atoms with Crippen LogP contribution >= 0.6 is 11.8 Å². The van der Waals surface area contributed by atoms with Crippen molar-refractivity contribution < 1.29 is 19.0 Å². The van der Waals surface area contributed by atoms with E-state index in [1.165, 1.54) is 18.9 Å². The number of carbonyl (C=O) groups is 1. The number of thioether (sulfide) groups is 1. The Balaban J connectivity index is 1.73. The van der Waals surface area contributed by atoms with Crippen LogP contribution in [0.3, 0.4) is 0 Å². The third kappa shape index (κ3) is 4.70. The first-order chi connectivity index (χ1) is 14.1. The maximum atomic E-state index is 12.4. The topological polar surface area (TPSA) is 93.5 Å². The average Bonchev–Trinajstić information content (AvgIpc) is 2.76. The maximum Gasteiger partial charge on any atom is 0.234 e. The standard InChI is InChI=1S/C21H19N3O4S/c1-26-16-5-6-17-13(9-16)8-14(11-22)21(24-17)29-12-20(25)23-15-4-7-18(27-2)19(10-15)28-3/h4-10H,12H2,1-3H3,(H,23,25). The number of hydrogen-bond acceptors (Lipinski definition) is 7. The minimum Gasteiger partial charge on any atom is -0.497 e. The molecule has 0 saturated heterocycles. The van der Waals surface area contributed by atoms with Crippen LogP contribution in [0.25, 0.3) is 10.9 Å². The van der Waals surface area contributed by atoms with Crippen molar-refractivity contribution in [2.24, 2.45) is 0 Å². The van der Waals surface area contributed by atoms with Gasteiger partial charge in [0.1, 0.15) is 16.8 Å². The zero-order valence-electron chi connectivity index (χ0n) is 16.2. The Hall–Kier alpha value is -3.44. The lowest BCUT2D eigenvalue weighted by Gasteiger charge is -2.11. The number of benzene rings is 2. The number of pyridine rings is 1. The fraction of sp³-hybridized carbons (Fsp3) is 0.190. The summed E-state index contributed by atoms with van der Waals surface area (Å²) >= 11 is 1.21. The van der Waals surface area contributed by atoms with Crippen molar-refractivity contribution in [1.29, 1.82) is 5.26 Å². The third-order valence-electron chi connectivity index (χ3n) is 4.11. The van der Waals surface area contributed by atoms with Crippen molar-refractivity contribution >= 4 is 34.3 Å². The summed E-state index contributed by atoms with van der Waals surface area (Å²) in [5.41, 5.74) is 1.73. The zero-order valence-corrected chi connectivity index (χ0v) is 17.0. The van der Waals surface area contributed by atoms with E-state index >= 15 is 0 Å². The van der Waals surface area contributed by atoms with Gasteiger partial charge in [0.05, 0.1) is 38.2 Å². The predicted octanol–water partition coefficient (Wildman–Crippen LogP) is 3.86. The molecule has 0 spiro atoms. The van der Waals surface area contributed by atoms with E-state index in [0.29, 0.717) is 33.5 Å². The summed E-state index contributed by atoms with van der Waals surface area (Å²) in [4.78, 5) is 16.9. The van der Waals surface area contributed by atoms with Crippen LogP contribution in [0.5, 0.6) is 17.2 Å². The fourth-order valence-electron chi connectivity index (χ4n) is 2.70. The lowest BCUT2D eigenvalue weighted by atomic mass is 10.1. The normalized spacial score (nSPS) is 10.3. The van der Waals surface area contributed by atoms with Gasteiger partial charge < -0.3 is 19.5 Å². The number of ether oxygens (including phenoxy) is 3. The Morgan fingerprint density at radius 3 is 2.55 bits per heavy atom. The number of aromatic nitrogens is 1. The first-order valence-electron chi connectivity index (χ1n) is 8.61. The van der Waals surface area contributed by atoms with Gasteiger partial charge in [0.15, 0.2) is 11.5 Å². The van der Waals surface area contributed by atoms with E-state index in [4.69, 9.17) is 14.2 Å². The second kappa shape index (κ2) is 9.17. The molecule has 1 heterocycles. The Morgan fingerprint density at radius 1 is 1.07 bits per heavy atom. The van der Waals surface area contributed by atoms with Gasteiger partial charge in [-0.15, -0.1) is 0 Å². The first-order valence-corrected chi connectivity index (χ1v) is 9.60. The van der Waals surface area contributed by atoms with E-state index in [-0.39, 0.29) is 11.7 Å². The molecule has 0 aliphatic rings. The van der Waals surface area contributed by atoms with Gasteiger partial charge >= 0.3 is 0 Å². The number of amides is 1. The SMILES string of the molecule is COc1ccc2nc(SCC(=O)Nc3ccc(OC)c(OC)c3)c(C#N)cc2c1. The molecule has 0 aliphatic heterocycles. The minimum atomic E-state index is -0.220. The molecular weight excluding hydrogens is 390 g/mol. The van der Waals surface area contributed by atoms with Crippen LogP contribution in [0.2, 0.25) is 0 Å². The number of hydrogen-bond donors (Lipinski definition) is 1. The van der Waals surface area contributed by atoms with E-state index in [1.54, 1.807) is 44.6 Å². The van der Waals surface area contributed by atoms with Crippen LogP contribution in [-0.4, -0.2) is 38.0 Å². The summed E-state index contributed by atoms with van der Waals surface area (Å²) in [5, 5.41) is 13.6. The van der Waals surface area contributed by atoms with Gasteiger partial charge in [0, 0.05) is 17.1 Å². The lowest BCUT2D eigenvalue weighted by molar-refractivity contribution is -0.113. The molecule has 7 nitrogen and oxygen atoms in total. The summed E-state index contributed by atoms with van der Waals surface area (Å²) in [5.74, 6) is 1.69. The molecule has 3 aromatic rings. The molecule has 148 valence electrons. The van der Waals surface area contributed by atoms with Gasteiger partial charge in [-0.3, -0.25) is 4.79 Å². The highest BCUT2D eigenvalue weighted by molar-refractivity contribution is 8.00. The second-order valence-corrected chi connectivity index (χ2v) is 6.88. The number of carbonyl (C=O) groups excluding carboxylic acids is 1. The van der Waals surface area contributed by atoms with Crippen molar-refractivity contribution in [3.05, 3.63) is 48.0 Å². The third-order valence-corrected chi connectivity index (χ3v) is 5.11. The van der Waals surface area contributed by atoms with E-state index in [2.05, 4.69) is 16.4 Å². The number of methoxy groups -OCH3 is 3. The molecule has 29 heavy (non-hydrogen) atoms. The molecule has 0 bridgehead atoms. The summed E-state index contributed by atoms with van der Waals surface area (Å²) in [6, 6.07) is 14.5. The highest BCUT2D eigenvalue weighted by Gasteiger charge is 2.12. The number of nitriles is 1. The molecule has 0 aliphatic carbocycles. The monoisotopic (exact) mass is 409 g/mol. The van der Waals surface area contributed by atoms with Crippen LogP contribution in [0.15, 0.2) is 47.5 Å². The highest BCUT2D eigenvalue weighted by Crippen LogP contribution is 2.30. The maximum absolute atomic E-state index is 12.4. The highest BCUT2D eigenvalue weighted by atomic mass is 32.2. The smallest absolute Gasteiger partial charge is 0.234 e. The Bertz CT molecular complexity index is 1100. The molecule has 8 heteroatoms. The van der Waals surface area contributed by atoms with Crippen LogP contribution in [-0.2, 0) is 4.79 Å². The number of nitrogens with one attached hydrogen (secondary N) is 1. The van der Waals surface area contributed by atoms with Crippen LogP contribution in [0, 0.1) is 11.3 Å². The van der Waals surface area contributed by atoms with Crippen molar-refractivity contribution in [2.75, 3.05) is 32.4 Å². The molecule has 3 rings (SSSR count). The van der Waals surface area contributed by atoms with Gasteiger partial charge in [0.25, 0.3) is 0 Å². The van der Waals surface area contributed by atoms with E-state index in [0.717, 1.165) is 10.9 Å². The first kappa shape index (κ1) is 20.3. The zero-order chi connectivity index (χ0) is 20.8. The number of anilines is 1. The Labute approximate surface area is 172 Å². The molecule has 0 radical (unpaired) electrons. The molecule has 0 atom stereocenters. The minimum absolute atomic E-state index is 0.109. The van der Waals surface area contributed by atoms with Gasteiger partial charge in [-0.25, -0.2) is 4.98 Å². The van der Waals surface area contributed by atoms with E-state index < -0.39 is 0 Å². The molecule has 1 N–H and O–H groups in total. The lowest BCUT2D eigenvalue weighted by Crippen LogP contribution is -2.14. The summed E-state index contributed by atoms with van der Waals surface area (Å²) in [6.07, 6.45) is 0. The molecule has 0 unspecified atom stereocenters. The summed E-state index contributed by atoms with van der Waals surface area (Å²) in [7, 11) is 4.66. The second-order valence-electron chi connectivity index (χ2n) is 5.92. The van der Waals surface area contributed by atoms with Gasteiger partial charge in [-0.1, -0.05) is 11.8 Å². The average molecular weight is 409 g/mol. The largest absolute Gasteiger partial charge is 0.497 e. The summed E-state index contributed by atoms with van der Waals surface area (Å²) in [6.45, 7) is 0. The quantitative estimate of drug-likeness (QED) is 0.592. The van der Waals surface area contributed by atoms with Gasteiger partial charge in [0.2, 0.25) is 5.91 Å². The molecule has 1 aromatic heterocycles.